The molecule has 4 aromatic rings. The number of pyridine rings is 1. The summed E-state index contributed by atoms with van der Waals surface area (Å²) in [4.78, 5) is 17.2. The number of amides is 1. The molecule has 0 bridgehead atoms. The molecule has 0 aliphatic rings. The van der Waals surface area contributed by atoms with Gasteiger partial charge in [0.25, 0.3) is 5.91 Å². The van der Waals surface area contributed by atoms with Gasteiger partial charge in [-0.2, -0.15) is 0 Å². The lowest BCUT2D eigenvalue weighted by molar-refractivity contribution is 0.102. The monoisotopic (exact) mass is 485 g/mol. The summed E-state index contributed by atoms with van der Waals surface area (Å²) in [6.45, 7) is 0. The zero-order chi connectivity index (χ0) is 25.5. The molecule has 184 valence electrons. The number of aromatic nitrogens is 1. The van der Waals surface area contributed by atoms with E-state index in [-0.39, 0.29) is 5.91 Å². The quantitative estimate of drug-likeness (QED) is 0.311. The van der Waals surface area contributed by atoms with E-state index in [4.69, 9.17) is 18.9 Å². The normalized spacial score (nSPS) is 10.3. The van der Waals surface area contributed by atoms with Crippen LogP contribution < -0.4 is 29.6 Å². The van der Waals surface area contributed by atoms with E-state index in [1.165, 1.54) is 0 Å². The highest BCUT2D eigenvalue weighted by Crippen LogP contribution is 2.41. The SMILES string of the molecule is COc1cccc(C(=O)Nc2cccc(Nc3ccc(-c4cc(OC)c(OC)c(OC)c4)cn3)c2)c1. The highest BCUT2D eigenvalue weighted by atomic mass is 16.5. The molecule has 8 nitrogen and oxygen atoms in total. The van der Waals surface area contributed by atoms with Crippen molar-refractivity contribution < 1.29 is 23.7 Å². The lowest BCUT2D eigenvalue weighted by atomic mass is 10.1. The molecule has 0 saturated heterocycles. The maximum atomic E-state index is 12.6. The Morgan fingerprint density at radius 1 is 0.722 bits per heavy atom. The molecule has 4 rings (SSSR count). The minimum Gasteiger partial charge on any atom is -0.497 e. The molecule has 0 aliphatic carbocycles. The molecule has 8 heteroatoms. The molecule has 3 aromatic carbocycles. The van der Waals surface area contributed by atoms with Gasteiger partial charge in [-0.05, 0) is 66.2 Å². The van der Waals surface area contributed by atoms with Gasteiger partial charge in [-0.3, -0.25) is 4.79 Å². The van der Waals surface area contributed by atoms with E-state index in [1.54, 1.807) is 58.9 Å². The Morgan fingerprint density at radius 2 is 1.44 bits per heavy atom. The minimum absolute atomic E-state index is 0.223. The summed E-state index contributed by atoms with van der Waals surface area (Å²) in [6, 6.07) is 22.0. The number of hydrogen-bond acceptors (Lipinski definition) is 7. The zero-order valence-electron chi connectivity index (χ0n) is 20.5. The Bertz CT molecular complexity index is 1330. The van der Waals surface area contributed by atoms with Crippen LogP contribution in [0.4, 0.5) is 17.2 Å². The van der Waals surface area contributed by atoms with Crippen molar-refractivity contribution in [3.63, 3.8) is 0 Å². The maximum absolute atomic E-state index is 12.6. The summed E-state index contributed by atoms with van der Waals surface area (Å²) < 4.78 is 21.5. The summed E-state index contributed by atoms with van der Waals surface area (Å²) in [5.41, 5.74) is 3.72. The summed E-state index contributed by atoms with van der Waals surface area (Å²) in [5, 5.41) is 6.17. The van der Waals surface area contributed by atoms with Crippen molar-refractivity contribution in [1.29, 1.82) is 0 Å². The van der Waals surface area contributed by atoms with Crippen LogP contribution in [-0.4, -0.2) is 39.3 Å². The van der Waals surface area contributed by atoms with Crippen molar-refractivity contribution in [2.24, 2.45) is 0 Å². The summed E-state index contributed by atoms with van der Waals surface area (Å²) >= 11 is 0. The van der Waals surface area contributed by atoms with Gasteiger partial charge in [0.2, 0.25) is 5.75 Å². The summed E-state index contributed by atoms with van der Waals surface area (Å²) in [5.74, 6) is 2.73. The topological polar surface area (TPSA) is 90.9 Å². The van der Waals surface area contributed by atoms with Crippen LogP contribution in [0.2, 0.25) is 0 Å². The predicted octanol–water partition coefficient (Wildman–Crippen LogP) is 5.78. The number of benzene rings is 3. The van der Waals surface area contributed by atoms with Crippen molar-refractivity contribution in [2.45, 2.75) is 0 Å². The number of ether oxygens (including phenoxy) is 4. The van der Waals surface area contributed by atoms with Crippen LogP contribution in [0.3, 0.4) is 0 Å². The number of anilines is 3. The van der Waals surface area contributed by atoms with Gasteiger partial charge in [-0.15, -0.1) is 0 Å². The van der Waals surface area contributed by atoms with Crippen molar-refractivity contribution >= 4 is 23.1 Å². The Morgan fingerprint density at radius 3 is 2.08 bits per heavy atom. The lowest BCUT2D eigenvalue weighted by Crippen LogP contribution is -2.12. The highest BCUT2D eigenvalue weighted by Gasteiger charge is 2.14. The van der Waals surface area contributed by atoms with Crippen LogP contribution in [0.25, 0.3) is 11.1 Å². The third kappa shape index (κ3) is 5.50. The molecular weight excluding hydrogens is 458 g/mol. The fourth-order valence-electron chi connectivity index (χ4n) is 3.68. The number of rotatable bonds is 9. The summed E-state index contributed by atoms with van der Waals surface area (Å²) in [6.07, 6.45) is 1.76. The Kier molecular flexibility index (Phi) is 7.55. The molecular formula is C28H27N3O5. The average Bonchev–Trinajstić information content (AvgIpc) is 2.92. The number of carbonyl (C=O) groups is 1. The minimum atomic E-state index is -0.223. The van der Waals surface area contributed by atoms with Gasteiger partial charge >= 0.3 is 0 Å². The molecule has 0 atom stereocenters. The Balaban J connectivity index is 1.48. The maximum Gasteiger partial charge on any atom is 0.255 e. The second-order valence-corrected chi connectivity index (χ2v) is 7.74. The van der Waals surface area contributed by atoms with E-state index in [9.17, 15) is 4.79 Å². The molecule has 36 heavy (non-hydrogen) atoms. The van der Waals surface area contributed by atoms with Crippen molar-refractivity contribution in [3.8, 4) is 34.1 Å². The van der Waals surface area contributed by atoms with Crippen LogP contribution >= 0.6 is 0 Å². The first-order valence-electron chi connectivity index (χ1n) is 11.1. The van der Waals surface area contributed by atoms with Gasteiger partial charge in [0, 0.05) is 28.7 Å². The van der Waals surface area contributed by atoms with E-state index in [0.29, 0.717) is 40.1 Å². The lowest BCUT2D eigenvalue weighted by Gasteiger charge is -2.14. The van der Waals surface area contributed by atoms with E-state index < -0.39 is 0 Å². The van der Waals surface area contributed by atoms with Gasteiger partial charge in [-0.25, -0.2) is 4.98 Å². The highest BCUT2D eigenvalue weighted by molar-refractivity contribution is 6.04. The van der Waals surface area contributed by atoms with Crippen molar-refractivity contribution in [1.82, 2.24) is 4.98 Å². The van der Waals surface area contributed by atoms with Crippen molar-refractivity contribution in [2.75, 3.05) is 39.1 Å². The van der Waals surface area contributed by atoms with E-state index in [1.807, 2.05) is 48.5 Å². The third-order valence-corrected chi connectivity index (χ3v) is 5.49. The molecule has 1 heterocycles. The molecule has 2 N–H and O–H groups in total. The van der Waals surface area contributed by atoms with Crippen LogP contribution in [0, 0.1) is 0 Å². The van der Waals surface area contributed by atoms with Gasteiger partial charge in [0.05, 0.1) is 28.4 Å². The first-order valence-corrected chi connectivity index (χ1v) is 11.1. The largest absolute Gasteiger partial charge is 0.497 e. The van der Waals surface area contributed by atoms with Gasteiger partial charge in [0.1, 0.15) is 11.6 Å². The molecule has 0 spiro atoms. The van der Waals surface area contributed by atoms with E-state index >= 15 is 0 Å². The molecule has 0 aliphatic heterocycles. The third-order valence-electron chi connectivity index (χ3n) is 5.49. The number of nitrogens with one attached hydrogen (secondary N) is 2. The zero-order valence-corrected chi connectivity index (χ0v) is 20.5. The molecule has 1 aromatic heterocycles. The van der Waals surface area contributed by atoms with Gasteiger partial charge in [0.15, 0.2) is 11.5 Å². The molecule has 0 radical (unpaired) electrons. The fraction of sp³-hybridized carbons (Fsp3) is 0.143. The second kappa shape index (κ2) is 11.1. The van der Waals surface area contributed by atoms with Gasteiger partial charge in [-0.1, -0.05) is 12.1 Å². The molecule has 1 amide bonds. The number of hydrogen-bond donors (Lipinski definition) is 2. The van der Waals surface area contributed by atoms with Gasteiger partial charge < -0.3 is 29.6 Å². The van der Waals surface area contributed by atoms with Crippen molar-refractivity contribution in [3.05, 3.63) is 84.6 Å². The standard InChI is InChI=1S/C28H27N3O5/c1-33-23-10-5-7-18(13-23)28(32)31-22-9-6-8-21(16-22)30-26-12-11-19(17-29-26)20-14-24(34-2)27(36-4)25(15-20)35-3/h5-17H,1-4H3,(H,29,30)(H,31,32). The van der Waals surface area contributed by atoms with Crippen LogP contribution in [0.5, 0.6) is 23.0 Å². The number of nitrogens with zero attached hydrogens (tertiary/aromatic N) is 1. The first kappa shape index (κ1) is 24.4. The molecule has 0 fully saturated rings. The summed E-state index contributed by atoms with van der Waals surface area (Å²) in [7, 11) is 6.30. The number of methoxy groups -OCH3 is 4. The second-order valence-electron chi connectivity index (χ2n) is 7.74. The number of carbonyl (C=O) groups excluding carboxylic acids is 1. The first-order chi connectivity index (χ1) is 17.5. The Labute approximate surface area is 209 Å². The predicted molar refractivity (Wildman–Crippen MR) is 140 cm³/mol. The van der Waals surface area contributed by atoms with E-state index in [0.717, 1.165) is 16.8 Å². The van der Waals surface area contributed by atoms with Crippen LogP contribution in [0.15, 0.2) is 79.0 Å². The van der Waals surface area contributed by atoms with Crippen LogP contribution in [0.1, 0.15) is 10.4 Å². The van der Waals surface area contributed by atoms with E-state index in [2.05, 4.69) is 15.6 Å². The molecule has 0 saturated carbocycles. The fourth-order valence-corrected chi connectivity index (χ4v) is 3.68. The average molecular weight is 486 g/mol. The molecule has 0 unspecified atom stereocenters. The van der Waals surface area contributed by atoms with Crippen LogP contribution in [-0.2, 0) is 0 Å². The smallest absolute Gasteiger partial charge is 0.255 e. The Hall–Kier alpha value is -4.72.